The first kappa shape index (κ1) is 36.0. The van der Waals surface area contributed by atoms with Gasteiger partial charge in [0.05, 0.1) is 69.7 Å². The smallest absolute Gasteiger partial charge is 0.416 e. The van der Waals surface area contributed by atoms with Gasteiger partial charge in [-0.2, -0.15) is 13.2 Å². The van der Waals surface area contributed by atoms with E-state index in [2.05, 4.69) is 12.2 Å². The highest BCUT2D eigenvalue weighted by Gasteiger charge is 2.30. The third-order valence-corrected chi connectivity index (χ3v) is 5.92. The van der Waals surface area contributed by atoms with E-state index >= 15 is 0 Å². The summed E-state index contributed by atoms with van der Waals surface area (Å²) in [4.78, 5) is 24.1. The number of carbonyl (C=O) groups is 2. The third kappa shape index (κ3) is 16.3. The first-order valence-corrected chi connectivity index (χ1v) is 14.5. The van der Waals surface area contributed by atoms with E-state index in [-0.39, 0.29) is 37.0 Å². The lowest BCUT2D eigenvalue weighted by atomic mass is 10.1. The van der Waals surface area contributed by atoms with Crippen molar-refractivity contribution in [1.82, 2.24) is 0 Å². The van der Waals surface area contributed by atoms with Crippen LogP contribution in [0, 0.1) is 0 Å². The first-order chi connectivity index (χ1) is 20.8. The molecule has 0 spiro atoms. The zero-order chi connectivity index (χ0) is 31.2. The monoisotopic (exact) mass is 613 g/mol. The minimum atomic E-state index is -4.47. The maximum Gasteiger partial charge on any atom is 0.416 e. The number of hydrogen-bond acceptors (Lipinski definition) is 9. The molecule has 0 aliphatic heterocycles. The van der Waals surface area contributed by atoms with Gasteiger partial charge in [-0.1, -0.05) is 44.4 Å². The summed E-state index contributed by atoms with van der Waals surface area (Å²) in [5.41, 5.74) is -0.0916. The number of anilines is 2. The van der Waals surface area contributed by atoms with Crippen LogP contribution < -0.4 is 5.32 Å². The number of nitrogens with one attached hydrogen (secondary N) is 1. The van der Waals surface area contributed by atoms with E-state index in [1.807, 2.05) is 0 Å². The predicted octanol–water partition coefficient (Wildman–Crippen LogP) is 6.19. The van der Waals surface area contributed by atoms with Crippen molar-refractivity contribution in [2.24, 2.45) is 0 Å². The molecule has 0 saturated carbocycles. The Kier molecular flexibility index (Phi) is 18.0. The topological polar surface area (TPSA) is 102 Å². The van der Waals surface area contributed by atoms with Gasteiger partial charge in [0.2, 0.25) is 0 Å². The molecule has 12 heteroatoms. The van der Waals surface area contributed by atoms with Crippen molar-refractivity contribution < 1.29 is 51.2 Å². The number of alkyl halides is 3. The molecule has 0 atom stereocenters. The number of carbonyl (C=O) groups excluding carboxylic acids is 2. The van der Waals surface area contributed by atoms with E-state index < -0.39 is 17.7 Å². The molecule has 0 aliphatic carbocycles. The molecule has 43 heavy (non-hydrogen) atoms. The normalized spacial score (nSPS) is 11.3. The molecule has 1 N–H and O–H groups in total. The molecule has 0 saturated heterocycles. The van der Waals surface area contributed by atoms with Gasteiger partial charge in [-0.3, -0.25) is 4.79 Å². The maximum atomic E-state index is 13.0. The number of unbranched alkanes of at least 4 members (excludes halogenated alkanes) is 3. The highest BCUT2D eigenvalue weighted by atomic mass is 19.4. The highest BCUT2D eigenvalue weighted by molar-refractivity contribution is 5.96. The Balaban J connectivity index is 1.46. The summed E-state index contributed by atoms with van der Waals surface area (Å²) in [6, 6.07) is 11.1. The molecule has 240 valence electrons. The van der Waals surface area contributed by atoms with Crippen molar-refractivity contribution >= 4 is 23.3 Å². The predicted molar refractivity (Wildman–Crippen MR) is 154 cm³/mol. The summed E-state index contributed by atoms with van der Waals surface area (Å²) in [5, 5.41) is 2.85. The van der Waals surface area contributed by atoms with E-state index in [1.165, 1.54) is 18.2 Å². The van der Waals surface area contributed by atoms with Gasteiger partial charge in [-0.25, -0.2) is 4.79 Å². The fourth-order valence-electron chi connectivity index (χ4n) is 3.71. The van der Waals surface area contributed by atoms with Crippen molar-refractivity contribution in [3.8, 4) is 0 Å². The number of ether oxygens (including phenoxy) is 6. The van der Waals surface area contributed by atoms with Crippen LogP contribution in [0.15, 0.2) is 48.5 Å². The fourth-order valence-corrected chi connectivity index (χ4v) is 3.71. The minimum absolute atomic E-state index is 0.00199. The summed E-state index contributed by atoms with van der Waals surface area (Å²) >= 11 is 0. The molecule has 2 rings (SSSR count). The quantitative estimate of drug-likeness (QED) is 0.116. The summed E-state index contributed by atoms with van der Waals surface area (Å²) in [6.45, 7) is 5.03. The second-order valence-electron chi connectivity index (χ2n) is 9.37. The third-order valence-electron chi connectivity index (χ3n) is 5.92. The van der Waals surface area contributed by atoms with E-state index in [1.54, 1.807) is 18.2 Å². The molecule has 0 aliphatic rings. The van der Waals surface area contributed by atoms with Crippen LogP contribution in [0.1, 0.15) is 54.9 Å². The fraction of sp³-hybridized carbons (Fsp3) is 0.548. The molecule has 2 aromatic carbocycles. The molecule has 0 fully saturated rings. The Hall–Kier alpha value is -3.19. The summed E-state index contributed by atoms with van der Waals surface area (Å²) in [6.07, 6.45) is 0.141. The average Bonchev–Trinajstić information content (AvgIpc) is 2.99. The zero-order valence-electron chi connectivity index (χ0n) is 24.6. The lowest BCUT2D eigenvalue weighted by Crippen LogP contribution is -2.15. The van der Waals surface area contributed by atoms with Crippen LogP contribution in [-0.2, 0) is 39.4 Å². The van der Waals surface area contributed by atoms with Crippen LogP contribution in [0.25, 0.3) is 0 Å². The van der Waals surface area contributed by atoms with Gasteiger partial charge < -0.3 is 33.7 Å². The molecular weight excluding hydrogens is 571 g/mol. The van der Waals surface area contributed by atoms with Gasteiger partial charge in [0, 0.05) is 12.1 Å². The van der Waals surface area contributed by atoms with Gasteiger partial charge in [-0.05, 0) is 36.8 Å². The number of benzene rings is 2. The SMILES string of the molecule is CCCCCCC(=O)OCCOCCOCCOCCOCCOC(=O)c1ccccc1Nc1cccc(C(F)(F)F)c1. The van der Waals surface area contributed by atoms with Crippen molar-refractivity contribution in [3.05, 3.63) is 59.7 Å². The molecule has 0 bridgehead atoms. The van der Waals surface area contributed by atoms with Gasteiger partial charge in [0.15, 0.2) is 0 Å². The molecule has 0 radical (unpaired) electrons. The van der Waals surface area contributed by atoms with Crippen molar-refractivity contribution in [1.29, 1.82) is 0 Å². The molecule has 0 heterocycles. The minimum Gasteiger partial charge on any atom is -0.463 e. The lowest BCUT2D eigenvalue weighted by Gasteiger charge is -2.13. The van der Waals surface area contributed by atoms with Crippen LogP contribution in [0.2, 0.25) is 0 Å². The highest BCUT2D eigenvalue weighted by Crippen LogP contribution is 2.32. The number of para-hydroxylation sites is 1. The van der Waals surface area contributed by atoms with Crippen LogP contribution in [0.5, 0.6) is 0 Å². The zero-order valence-corrected chi connectivity index (χ0v) is 24.6. The van der Waals surface area contributed by atoms with E-state index in [4.69, 9.17) is 28.4 Å². The number of hydrogen-bond donors (Lipinski definition) is 1. The molecule has 2 aromatic rings. The number of halogens is 3. The lowest BCUT2D eigenvalue weighted by molar-refractivity contribution is -0.145. The van der Waals surface area contributed by atoms with Crippen LogP contribution in [-0.4, -0.2) is 78.0 Å². The molecule has 9 nitrogen and oxygen atoms in total. The Morgan fingerprint density at radius 1 is 0.698 bits per heavy atom. The first-order valence-electron chi connectivity index (χ1n) is 14.5. The van der Waals surface area contributed by atoms with Crippen LogP contribution in [0.4, 0.5) is 24.5 Å². The van der Waals surface area contributed by atoms with Gasteiger partial charge in [0.1, 0.15) is 13.2 Å². The molecule has 0 aromatic heterocycles. The summed E-state index contributed by atoms with van der Waals surface area (Å²) in [7, 11) is 0. The van der Waals surface area contributed by atoms with Gasteiger partial charge in [-0.15, -0.1) is 0 Å². The largest absolute Gasteiger partial charge is 0.463 e. The van der Waals surface area contributed by atoms with E-state index in [0.717, 1.165) is 37.8 Å². The second kappa shape index (κ2) is 21.5. The van der Waals surface area contributed by atoms with Crippen molar-refractivity contribution in [2.75, 3.05) is 71.4 Å². The van der Waals surface area contributed by atoms with Crippen LogP contribution >= 0.6 is 0 Å². The summed E-state index contributed by atoms with van der Waals surface area (Å²) in [5.74, 6) is -0.818. The molecule has 0 unspecified atom stereocenters. The Morgan fingerprint density at radius 2 is 1.28 bits per heavy atom. The average molecular weight is 614 g/mol. The standard InChI is InChI=1S/C31H42F3NO8/c1-2-3-4-5-13-29(36)42-22-20-40-18-16-38-14-15-39-17-19-41-21-23-43-30(37)27-11-6-7-12-28(27)35-26-10-8-9-25(24-26)31(32,33)34/h6-12,24,35H,2-5,13-23H2,1H3. The Labute approximate surface area is 250 Å². The van der Waals surface area contributed by atoms with Gasteiger partial charge in [0.25, 0.3) is 0 Å². The Bertz CT molecular complexity index is 1070. The molecule has 0 amide bonds. The van der Waals surface area contributed by atoms with E-state index in [9.17, 15) is 22.8 Å². The van der Waals surface area contributed by atoms with Crippen molar-refractivity contribution in [2.45, 2.75) is 45.2 Å². The summed E-state index contributed by atoms with van der Waals surface area (Å²) < 4.78 is 71.0. The number of esters is 2. The van der Waals surface area contributed by atoms with Crippen LogP contribution in [0.3, 0.4) is 0 Å². The Morgan fingerprint density at radius 3 is 1.88 bits per heavy atom. The van der Waals surface area contributed by atoms with E-state index in [0.29, 0.717) is 58.4 Å². The molecular formula is C31H42F3NO8. The second-order valence-corrected chi connectivity index (χ2v) is 9.37. The number of rotatable bonds is 23. The van der Waals surface area contributed by atoms with Gasteiger partial charge >= 0.3 is 18.1 Å². The maximum absolute atomic E-state index is 13.0. The van der Waals surface area contributed by atoms with Crippen molar-refractivity contribution in [3.63, 3.8) is 0 Å².